The molecule has 0 fully saturated rings. The number of para-hydroxylation sites is 2. The lowest BCUT2D eigenvalue weighted by molar-refractivity contribution is 0.666. The van der Waals surface area contributed by atoms with Gasteiger partial charge in [0.05, 0.1) is 16.7 Å². The van der Waals surface area contributed by atoms with Crippen LogP contribution in [0.25, 0.3) is 94.7 Å². The van der Waals surface area contributed by atoms with Crippen LogP contribution in [0.2, 0.25) is 0 Å². The van der Waals surface area contributed by atoms with Crippen LogP contribution in [0.5, 0.6) is 0 Å². The van der Waals surface area contributed by atoms with Gasteiger partial charge in [-0.3, -0.25) is 0 Å². The number of fused-ring (bicyclic) bond motifs is 6. The van der Waals surface area contributed by atoms with E-state index in [2.05, 4.69) is 115 Å². The molecule has 10 aromatic rings. The molecule has 0 bridgehead atoms. The second-order valence-electron chi connectivity index (χ2n) is 13.5. The molecule has 0 aliphatic carbocycles. The molecule has 0 saturated carbocycles. The highest BCUT2D eigenvalue weighted by Crippen LogP contribution is 2.41. The number of benzene rings is 7. The van der Waals surface area contributed by atoms with E-state index in [9.17, 15) is 0 Å². The van der Waals surface area contributed by atoms with E-state index < -0.39 is 0 Å². The molecule has 5 heteroatoms. The summed E-state index contributed by atoms with van der Waals surface area (Å²) >= 11 is 0. The molecule has 0 aliphatic rings. The second-order valence-corrected chi connectivity index (χ2v) is 13.5. The Hall–Kier alpha value is -6.85. The summed E-state index contributed by atoms with van der Waals surface area (Å²) < 4.78 is 9.30. The highest BCUT2D eigenvalue weighted by molar-refractivity contribution is 6.14. The molecule has 10 rings (SSSR count). The molecule has 0 amide bonds. The normalized spacial score (nSPS) is 11.7. The summed E-state index contributed by atoms with van der Waals surface area (Å²) in [6.07, 6.45) is 0. The van der Waals surface area contributed by atoms with Crippen molar-refractivity contribution in [3.05, 3.63) is 169 Å². The fraction of sp³-hybridized carbons (Fsp3) is 0.0426. The van der Waals surface area contributed by atoms with E-state index in [1.54, 1.807) is 0 Å². The Kier molecular flexibility index (Phi) is 6.86. The number of aryl methyl sites for hydroxylation is 2. The Morgan fingerprint density at radius 3 is 1.52 bits per heavy atom. The first-order chi connectivity index (χ1) is 25.6. The van der Waals surface area contributed by atoms with Crippen LogP contribution in [-0.4, -0.2) is 19.5 Å². The van der Waals surface area contributed by atoms with Gasteiger partial charge in [-0.15, -0.1) is 0 Å². The van der Waals surface area contributed by atoms with Gasteiger partial charge in [0.15, 0.2) is 23.1 Å². The molecule has 0 saturated heterocycles. The Bertz CT molecular complexity index is 2850. The Balaban J connectivity index is 1.23. The lowest BCUT2D eigenvalue weighted by Gasteiger charge is -2.12. The molecule has 0 unspecified atom stereocenters. The summed E-state index contributed by atoms with van der Waals surface area (Å²) in [5, 5.41) is 4.51. The molecule has 0 aliphatic heterocycles. The molecule has 246 valence electrons. The van der Waals surface area contributed by atoms with Crippen LogP contribution < -0.4 is 0 Å². The zero-order chi connectivity index (χ0) is 34.8. The quantitative estimate of drug-likeness (QED) is 0.183. The van der Waals surface area contributed by atoms with Crippen LogP contribution in [-0.2, 0) is 0 Å². The number of hydrogen-bond acceptors (Lipinski definition) is 4. The van der Waals surface area contributed by atoms with Crippen molar-refractivity contribution in [1.82, 2.24) is 19.5 Å². The molecule has 3 heterocycles. The van der Waals surface area contributed by atoms with E-state index in [0.717, 1.165) is 60.9 Å². The number of rotatable bonds is 5. The molecule has 52 heavy (non-hydrogen) atoms. The average Bonchev–Trinajstić information content (AvgIpc) is 3.73. The van der Waals surface area contributed by atoms with Crippen LogP contribution in [0, 0.1) is 13.8 Å². The van der Waals surface area contributed by atoms with Crippen LogP contribution >= 0.6 is 0 Å². The smallest absolute Gasteiger partial charge is 0.164 e. The molecular formula is C47H32N4O. The van der Waals surface area contributed by atoms with Crippen LogP contribution in [0.3, 0.4) is 0 Å². The van der Waals surface area contributed by atoms with Gasteiger partial charge in [-0.05, 0) is 61.4 Å². The number of aromatic nitrogens is 4. The van der Waals surface area contributed by atoms with Crippen molar-refractivity contribution < 1.29 is 4.42 Å². The fourth-order valence-corrected chi connectivity index (χ4v) is 7.59. The zero-order valence-electron chi connectivity index (χ0n) is 28.7. The number of hydrogen-bond donors (Lipinski definition) is 0. The molecule has 0 atom stereocenters. The summed E-state index contributed by atoms with van der Waals surface area (Å²) in [6, 6.07) is 55.0. The van der Waals surface area contributed by atoms with Gasteiger partial charge in [-0.2, -0.15) is 0 Å². The monoisotopic (exact) mass is 668 g/mol. The Morgan fingerprint density at radius 2 is 0.923 bits per heavy atom. The number of nitrogens with zero attached hydrogens (tertiary/aromatic N) is 4. The molecule has 0 spiro atoms. The minimum absolute atomic E-state index is 0.591. The SMILES string of the molecule is Cc1cc(C)cc(-c2cc(-n3c4ccccc4c4ccccc43)c3oc4cc(-c5nc(-c6ccccc6)nc(-c6ccccc6)n5)ccc4c3c2)c1. The zero-order valence-corrected chi connectivity index (χ0v) is 28.7. The third kappa shape index (κ3) is 4.97. The summed E-state index contributed by atoms with van der Waals surface area (Å²) in [7, 11) is 0. The number of furan rings is 1. The van der Waals surface area contributed by atoms with Crippen molar-refractivity contribution in [2.45, 2.75) is 13.8 Å². The maximum atomic E-state index is 6.94. The van der Waals surface area contributed by atoms with Crippen molar-refractivity contribution >= 4 is 43.7 Å². The van der Waals surface area contributed by atoms with E-state index in [4.69, 9.17) is 19.4 Å². The van der Waals surface area contributed by atoms with Crippen LogP contribution in [0.15, 0.2) is 162 Å². The maximum absolute atomic E-state index is 6.94. The molecular weight excluding hydrogens is 637 g/mol. The third-order valence-electron chi connectivity index (χ3n) is 9.89. The van der Waals surface area contributed by atoms with Crippen molar-refractivity contribution in [1.29, 1.82) is 0 Å². The summed E-state index contributed by atoms with van der Waals surface area (Å²) in [5.41, 5.74) is 12.4. The van der Waals surface area contributed by atoms with Crippen LogP contribution in [0.4, 0.5) is 0 Å². The van der Waals surface area contributed by atoms with E-state index in [0.29, 0.717) is 17.5 Å². The second kappa shape index (κ2) is 11.9. The lowest BCUT2D eigenvalue weighted by Crippen LogP contribution is -2.00. The first-order valence-electron chi connectivity index (χ1n) is 17.5. The summed E-state index contributed by atoms with van der Waals surface area (Å²) in [4.78, 5) is 14.9. The fourth-order valence-electron chi connectivity index (χ4n) is 7.59. The van der Waals surface area contributed by atoms with Crippen molar-refractivity contribution in [3.63, 3.8) is 0 Å². The topological polar surface area (TPSA) is 56.7 Å². The largest absolute Gasteiger partial charge is 0.454 e. The van der Waals surface area contributed by atoms with E-state index in [-0.39, 0.29) is 0 Å². The molecule has 0 N–H and O–H groups in total. The average molecular weight is 669 g/mol. The molecule has 5 nitrogen and oxygen atoms in total. The van der Waals surface area contributed by atoms with Gasteiger partial charge in [-0.25, -0.2) is 15.0 Å². The molecule has 0 radical (unpaired) electrons. The van der Waals surface area contributed by atoms with Gasteiger partial charge < -0.3 is 8.98 Å². The van der Waals surface area contributed by atoms with E-state index >= 15 is 0 Å². The van der Waals surface area contributed by atoms with Gasteiger partial charge in [0, 0.05) is 38.2 Å². The van der Waals surface area contributed by atoms with Gasteiger partial charge in [0.25, 0.3) is 0 Å². The predicted octanol–water partition coefficient (Wildman–Crippen LogP) is 12.2. The summed E-state index contributed by atoms with van der Waals surface area (Å²) in [5.74, 6) is 1.84. The maximum Gasteiger partial charge on any atom is 0.164 e. The summed E-state index contributed by atoms with van der Waals surface area (Å²) in [6.45, 7) is 4.32. The van der Waals surface area contributed by atoms with Crippen molar-refractivity contribution in [2.24, 2.45) is 0 Å². The lowest BCUT2D eigenvalue weighted by atomic mass is 9.98. The molecule has 7 aromatic carbocycles. The minimum Gasteiger partial charge on any atom is -0.454 e. The Morgan fingerprint density at radius 1 is 0.404 bits per heavy atom. The highest BCUT2D eigenvalue weighted by atomic mass is 16.3. The van der Waals surface area contributed by atoms with Gasteiger partial charge in [0.2, 0.25) is 0 Å². The van der Waals surface area contributed by atoms with Gasteiger partial charge in [0.1, 0.15) is 5.58 Å². The van der Waals surface area contributed by atoms with E-state index in [1.807, 2.05) is 60.7 Å². The third-order valence-corrected chi connectivity index (χ3v) is 9.89. The Labute approximate surface area is 300 Å². The van der Waals surface area contributed by atoms with E-state index in [1.165, 1.54) is 27.5 Å². The predicted molar refractivity (Wildman–Crippen MR) is 213 cm³/mol. The first kappa shape index (κ1) is 30.0. The van der Waals surface area contributed by atoms with Gasteiger partial charge >= 0.3 is 0 Å². The van der Waals surface area contributed by atoms with Crippen molar-refractivity contribution in [3.8, 4) is 51.0 Å². The van der Waals surface area contributed by atoms with Gasteiger partial charge in [-0.1, -0.05) is 132 Å². The highest BCUT2D eigenvalue weighted by Gasteiger charge is 2.21. The minimum atomic E-state index is 0.591. The molecule has 3 aromatic heterocycles. The standard InChI is InChI=1S/C47H32N4O/c1-29-23-30(2)25-34(24-29)35-26-39-38-22-21-33(47-49-45(31-13-5-3-6-14-31)48-46(50-47)32-15-7-4-8-16-32)28-43(38)52-44(39)42(27-35)51-40-19-11-9-17-36(40)37-18-10-12-20-41(37)51/h3-28H,1-2H3. The first-order valence-corrected chi connectivity index (χ1v) is 17.5. The van der Waals surface area contributed by atoms with Crippen molar-refractivity contribution in [2.75, 3.05) is 0 Å². The van der Waals surface area contributed by atoms with Crippen LogP contribution in [0.1, 0.15) is 11.1 Å².